The topological polar surface area (TPSA) is 131 Å². The van der Waals surface area contributed by atoms with E-state index in [1.807, 2.05) is 11.4 Å². The number of benzene rings is 2. The zero-order valence-corrected chi connectivity index (χ0v) is 28.5. The largest absolute Gasteiger partial charge is 0.466 e. The smallest absolute Gasteiger partial charge is 0.310 e. The molecule has 46 heavy (non-hydrogen) atoms. The second-order valence-electron chi connectivity index (χ2n) is 11.4. The molecular formula is C32H35Cl2N3O7S2. The number of halogens is 2. The number of sulfonamides is 1. The van der Waals surface area contributed by atoms with E-state index in [-0.39, 0.29) is 29.9 Å². The molecule has 0 spiro atoms. The van der Waals surface area contributed by atoms with E-state index in [4.69, 9.17) is 32.8 Å². The molecule has 0 radical (unpaired) electrons. The first-order chi connectivity index (χ1) is 22.0. The summed E-state index contributed by atoms with van der Waals surface area (Å²) in [5.74, 6) is -2.12. The molecule has 0 bridgehead atoms. The molecule has 2 unspecified atom stereocenters. The predicted molar refractivity (Wildman–Crippen MR) is 176 cm³/mol. The van der Waals surface area contributed by atoms with Gasteiger partial charge in [-0.15, -0.1) is 11.3 Å². The van der Waals surface area contributed by atoms with E-state index >= 15 is 0 Å². The summed E-state index contributed by atoms with van der Waals surface area (Å²) in [6, 6.07) is 11.6. The maximum absolute atomic E-state index is 14.4. The first-order valence-electron chi connectivity index (χ1n) is 14.9. The minimum atomic E-state index is -3.60. The van der Waals surface area contributed by atoms with Crippen LogP contribution in [0.4, 0.5) is 0 Å². The Hall–Kier alpha value is -3.00. The second kappa shape index (κ2) is 14.8. The van der Waals surface area contributed by atoms with E-state index in [0.29, 0.717) is 41.2 Å². The van der Waals surface area contributed by atoms with Crippen molar-refractivity contribution in [3.05, 3.63) is 91.1 Å². The molecule has 1 saturated carbocycles. The molecule has 2 heterocycles. The molecular weight excluding hydrogens is 673 g/mol. The predicted octanol–water partition coefficient (Wildman–Crippen LogP) is 5.55. The first kappa shape index (κ1) is 34.3. The van der Waals surface area contributed by atoms with Crippen LogP contribution < -0.4 is 10.2 Å². The fourth-order valence-electron chi connectivity index (χ4n) is 6.34. The molecule has 2 aliphatic rings. The summed E-state index contributed by atoms with van der Waals surface area (Å²) >= 11 is 14.4. The van der Waals surface area contributed by atoms with Gasteiger partial charge in [0.2, 0.25) is 10.0 Å². The van der Waals surface area contributed by atoms with Crippen LogP contribution >= 0.6 is 34.5 Å². The number of thiophene rings is 1. The highest BCUT2D eigenvalue weighted by Crippen LogP contribution is 2.47. The van der Waals surface area contributed by atoms with Gasteiger partial charge in [0.15, 0.2) is 0 Å². The molecule has 2 aromatic carbocycles. The van der Waals surface area contributed by atoms with Crippen LogP contribution in [0, 0.1) is 0 Å². The van der Waals surface area contributed by atoms with Gasteiger partial charge in [0.25, 0.3) is 11.8 Å². The zero-order chi connectivity index (χ0) is 33.0. The number of hydroxylamine groups is 1. The van der Waals surface area contributed by atoms with Crippen LogP contribution in [0.5, 0.6) is 0 Å². The third-order valence-corrected chi connectivity index (χ3v) is 10.4. The van der Waals surface area contributed by atoms with Gasteiger partial charge in [0, 0.05) is 32.6 Å². The van der Waals surface area contributed by atoms with E-state index in [1.165, 1.54) is 11.3 Å². The molecule has 1 aliphatic carbocycles. The SMILES string of the molecule is CCOC(=O)Cc1csc(CONC(=O)[C@@H]2c3ccccc3C(=O)N([C@H]3CCCCC3NS(C)(=O)=O)C2c2ccc(Cl)cc2Cl)c1. The Balaban J connectivity index is 1.49. The Morgan fingerprint density at radius 1 is 1.07 bits per heavy atom. The number of amides is 2. The summed E-state index contributed by atoms with van der Waals surface area (Å²) in [4.78, 5) is 48.5. The number of ether oxygens (including phenoxy) is 1. The van der Waals surface area contributed by atoms with E-state index in [9.17, 15) is 22.8 Å². The summed E-state index contributed by atoms with van der Waals surface area (Å²) < 4.78 is 32.5. The van der Waals surface area contributed by atoms with Gasteiger partial charge in [-0.2, -0.15) is 0 Å². The number of nitrogens with one attached hydrogen (secondary N) is 2. The Kier molecular flexibility index (Phi) is 11.1. The Bertz CT molecular complexity index is 1710. The van der Waals surface area contributed by atoms with Crippen molar-refractivity contribution < 1.29 is 32.4 Å². The number of carbonyl (C=O) groups is 3. The Morgan fingerprint density at radius 2 is 1.83 bits per heavy atom. The summed E-state index contributed by atoms with van der Waals surface area (Å²) in [7, 11) is -3.60. The van der Waals surface area contributed by atoms with Crippen molar-refractivity contribution in [2.75, 3.05) is 12.9 Å². The third-order valence-electron chi connectivity index (χ3n) is 8.14. The molecule has 10 nitrogen and oxygen atoms in total. The Morgan fingerprint density at radius 3 is 2.57 bits per heavy atom. The average molecular weight is 709 g/mol. The highest BCUT2D eigenvalue weighted by Gasteiger charge is 2.49. The fourth-order valence-corrected chi connectivity index (χ4v) is 8.49. The van der Waals surface area contributed by atoms with Crippen molar-refractivity contribution in [2.45, 2.75) is 69.7 Å². The molecule has 4 atom stereocenters. The zero-order valence-electron chi connectivity index (χ0n) is 25.3. The van der Waals surface area contributed by atoms with Gasteiger partial charge in [0.05, 0.1) is 31.2 Å². The molecule has 3 aromatic rings. The van der Waals surface area contributed by atoms with Crippen LogP contribution in [0.25, 0.3) is 0 Å². The number of nitrogens with zero attached hydrogens (tertiary/aromatic N) is 1. The number of fused-ring (bicyclic) bond motifs is 1. The minimum Gasteiger partial charge on any atom is -0.466 e. The highest BCUT2D eigenvalue weighted by molar-refractivity contribution is 7.88. The molecule has 5 rings (SSSR count). The summed E-state index contributed by atoms with van der Waals surface area (Å²) in [6.07, 6.45) is 3.86. The lowest BCUT2D eigenvalue weighted by atomic mass is 9.76. The molecule has 14 heteroatoms. The Labute approximate surface area is 282 Å². The number of hydrogen-bond donors (Lipinski definition) is 2. The summed E-state index contributed by atoms with van der Waals surface area (Å²) in [5, 5.41) is 2.49. The molecule has 2 amide bonds. The minimum absolute atomic E-state index is 0.0472. The van der Waals surface area contributed by atoms with E-state index in [0.717, 1.165) is 29.5 Å². The highest BCUT2D eigenvalue weighted by atomic mass is 35.5. The quantitative estimate of drug-likeness (QED) is 0.197. The van der Waals surface area contributed by atoms with Gasteiger partial charge in [-0.05, 0) is 66.1 Å². The molecule has 1 aromatic heterocycles. The van der Waals surface area contributed by atoms with Gasteiger partial charge >= 0.3 is 5.97 Å². The van der Waals surface area contributed by atoms with Crippen molar-refractivity contribution in [1.82, 2.24) is 15.1 Å². The van der Waals surface area contributed by atoms with Crippen molar-refractivity contribution in [3.63, 3.8) is 0 Å². The maximum atomic E-state index is 14.4. The number of hydrogen-bond acceptors (Lipinski definition) is 8. The van der Waals surface area contributed by atoms with Crippen molar-refractivity contribution in [3.8, 4) is 0 Å². The maximum Gasteiger partial charge on any atom is 0.310 e. The number of carbonyl (C=O) groups excluding carboxylic acids is 3. The normalized spacial score (nSPS) is 21.5. The molecule has 1 aliphatic heterocycles. The number of esters is 1. The van der Waals surface area contributed by atoms with Crippen LogP contribution in [0.2, 0.25) is 10.0 Å². The molecule has 2 N–H and O–H groups in total. The third kappa shape index (κ3) is 7.92. The lowest BCUT2D eigenvalue weighted by molar-refractivity contribution is -0.142. The van der Waals surface area contributed by atoms with Gasteiger partial charge in [-0.25, -0.2) is 18.6 Å². The van der Waals surface area contributed by atoms with Gasteiger partial charge in [0.1, 0.15) is 6.61 Å². The van der Waals surface area contributed by atoms with Crippen molar-refractivity contribution in [2.24, 2.45) is 0 Å². The standard InChI is InChI=1S/C32H35Cl2N3O7S2/c1-3-43-28(38)15-19-14-21(45-18-19)17-44-35-31(39)29-22-8-4-5-9-23(22)32(40)37(30(29)24-13-12-20(33)16-25(24)34)27-11-7-6-10-26(27)36-46(2,41)42/h4-5,8-9,12-14,16,18,26-27,29-30,36H,3,6-7,10-11,15,17H2,1-2H3,(H,35,39)/t26?,27-,29+,30?/m0/s1. The first-order valence-corrected chi connectivity index (χ1v) is 18.5. The van der Waals surface area contributed by atoms with Gasteiger partial charge in [-0.1, -0.05) is 60.3 Å². The molecule has 1 fully saturated rings. The van der Waals surface area contributed by atoms with Crippen molar-refractivity contribution in [1.29, 1.82) is 0 Å². The lowest BCUT2D eigenvalue weighted by Gasteiger charge is -2.49. The van der Waals surface area contributed by atoms with Crippen LogP contribution in [0.3, 0.4) is 0 Å². The monoisotopic (exact) mass is 707 g/mol. The average Bonchev–Trinajstić information content (AvgIpc) is 3.44. The second-order valence-corrected chi connectivity index (χ2v) is 15.0. The van der Waals surface area contributed by atoms with E-state index < -0.39 is 40.0 Å². The van der Waals surface area contributed by atoms with Crippen molar-refractivity contribution >= 4 is 62.3 Å². The van der Waals surface area contributed by atoms with Crippen LogP contribution in [-0.4, -0.2) is 56.0 Å². The number of rotatable bonds is 11. The van der Waals surface area contributed by atoms with E-state index in [2.05, 4.69) is 10.2 Å². The van der Waals surface area contributed by atoms with Crippen LogP contribution in [0.15, 0.2) is 53.9 Å². The summed E-state index contributed by atoms with van der Waals surface area (Å²) in [6.45, 7) is 2.10. The fraction of sp³-hybridized carbons (Fsp3) is 0.406. The van der Waals surface area contributed by atoms with E-state index in [1.54, 1.807) is 54.3 Å². The van der Waals surface area contributed by atoms with Crippen LogP contribution in [0.1, 0.15) is 76.5 Å². The van der Waals surface area contributed by atoms with Crippen LogP contribution in [-0.2, 0) is 42.2 Å². The summed E-state index contributed by atoms with van der Waals surface area (Å²) in [5.41, 5.74) is 4.71. The van der Waals surface area contributed by atoms with Gasteiger partial charge in [-0.3, -0.25) is 19.2 Å². The lowest BCUT2D eigenvalue weighted by Crippen LogP contribution is -2.59. The molecule has 246 valence electrons. The molecule has 0 saturated heterocycles. The van der Waals surface area contributed by atoms with Gasteiger partial charge < -0.3 is 9.64 Å².